The molecule has 0 spiro atoms. The number of rotatable bonds is 1. The van der Waals surface area contributed by atoms with E-state index in [-0.39, 0.29) is 5.69 Å². The Kier molecular flexibility index (Phi) is 2.51. The maximum atomic E-state index is 11.2. The summed E-state index contributed by atoms with van der Waals surface area (Å²) in [6.45, 7) is 0. The number of hydrogen-bond acceptors (Lipinski definition) is 4. The molecule has 15 heavy (non-hydrogen) atoms. The fourth-order valence-electron chi connectivity index (χ4n) is 1.21. The lowest BCUT2D eigenvalue weighted by molar-refractivity contribution is 0.0594. The molecule has 76 valence electrons. The van der Waals surface area contributed by atoms with Gasteiger partial charge < -0.3 is 4.74 Å². The van der Waals surface area contributed by atoms with Gasteiger partial charge in [-0.3, -0.25) is 0 Å². The minimum atomic E-state index is -0.468. The van der Waals surface area contributed by atoms with E-state index in [2.05, 4.69) is 14.7 Å². The van der Waals surface area contributed by atoms with Crippen LogP contribution in [0.5, 0.6) is 0 Å². The summed E-state index contributed by atoms with van der Waals surface area (Å²) in [7, 11) is 1.31. The SMILES string of the molecule is COC(=O)c1ccc2cnc(Cl)cc2n1. The first-order valence-corrected chi connectivity index (χ1v) is 4.59. The molecule has 0 aliphatic heterocycles. The zero-order chi connectivity index (χ0) is 10.8. The second-order valence-electron chi connectivity index (χ2n) is 2.89. The van der Waals surface area contributed by atoms with Gasteiger partial charge in [0.2, 0.25) is 0 Å². The highest BCUT2D eigenvalue weighted by Gasteiger charge is 2.07. The largest absolute Gasteiger partial charge is 0.464 e. The van der Waals surface area contributed by atoms with Gasteiger partial charge in [0.25, 0.3) is 0 Å². The number of hydrogen-bond donors (Lipinski definition) is 0. The van der Waals surface area contributed by atoms with Crippen molar-refractivity contribution in [3.05, 3.63) is 35.2 Å². The fraction of sp³-hybridized carbons (Fsp3) is 0.100. The van der Waals surface area contributed by atoms with E-state index < -0.39 is 5.97 Å². The molecule has 0 aromatic carbocycles. The molecule has 0 N–H and O–H groups in total. The number of methoxy groups -OCH3 is 1. The summed E-state index contributed by atoms with van der Waals surface area (Å²) in [5.74, 6) is -0.468. The van der Waals surface area contributed by atoms with Gasteiger partial charge in [0.05, 0.1) is 12.6 Å². The van der Waals surface area contributed by atoms with Crippen molar-refractivity contribution in [3.8, 4) is 0 Å². The van der Waals surface area contributed by atoms with E-state index in [0.29, 0.717) is 10.7 Å². The molecule has 0 aliphatic rings. The van der Waals surface area contributed by atoms with Gasteiger partial charge in [-0.2, -0.15) is 0 Å². The number of carbonyl (C=O) groups is 1. The van der Waals surface area contributed by atoms with Crippen LogP contribution >= 0.6 is 11.6 Å². The summed E-state index contributed by atoms with van der Waals surface area (Å²) >= 11 is 5.72. The van der Waals surface area contributed by atoms with E-state index in [9.17, 15) is 4.79 Å². The van der Waals surface area contributed by atoms with E-state index in [4.69, 9.17) is 11.6 Å². The first kappa shape index (κ1) is 9.86. The van der Waals surface area contributed by atoms with Crippen LogP contribution in [0, 0.1) is 0 Å². The predicted molar refractivity (Wildman–Crippen MR) is 55.9 cm³/mol. The lowest BCUT2D eigenvalue weighted by atomic mass is 10.2. The predicted octanol–water partition coefficient (Wildman–Crippen LogP) is 2.07. The highest BCUT2D eigenvalue weighted by atomic mass is 35.5. The summed E-state index contributed by atoms with van der Waals surface area (Å²) in [5, 5.41) is 1.17. The van der Waals surface area contributed by atoms with Crippen LogP contribution in [0.25, 0.3) is 10.9 Å². The monoisotopic (exact) mass is 222 g/mol. The molecule has 2 heterocycles. The van der Waals surface area contributed by atoms with Crippen LogP contribution in [0.2, 0.25) is 5.15 Å². The number of nitrogens with zero attached hydrogens (tertiary/aromatic N) is 2. The number of pyridine rings is 2. The van der Waals surface area contributed by atoms with Crippen LogP contribution in [0.4, 0.5) is 0 Å². The van der Waals surface area contributed by atoms with Crippen molar-refractivity contribution in [3.63, 3.8) is 0 Å². The maximum absolute atomic E-state index is 11.2. The van der Waals surface area contributed by atoms with Gasteiger partial charge in [-0.15, -0.1) is 0 Å². The number of esters is 1. The van der Waals surface area contributed by atoms with Crippen LogP contribution in [0.15, 0.2) is 24.4 Å². The Balaban J connectivity index is 2.59. The molecule has 0 amide bonds. The second-order valence-corrected chi connectivity index (χ2v) is 3.28. The number of fused-ring (bicyclic) bond motifs is 1. The van der Waals surface area contributed by atoms with Crippen LogP contribution in [0.3, 0.4) is 0 Å². The Morgan fingerprint density at radius 1 is 1.47 bits per heavy atom. The van der Waals surface area contributed by atoms with Gasteiger partial charge in [-0.25, -0.2) is 14.8 Å². The second kappa shape index (κ2) is 3.82. The number of carbonyl (C=O) groups excluding carboxylic acids is 1. The minimum Gasteiger partial charge on any atom is -0.464 e. The van der Waals surface area contributed by atoms with Crippen LogP contribution in [-0.2, 0) is 4.74 Å². The third-order valence-corrected chi connectivity index (χ3v) is 2.14. The van der Waals surface area contributed by atoms with E-state index in [1.807, 2.05) is 0 Å². The molecular weight excluding hydrogens is 216 g/mol. The van der Waals surface area contributed by atoms with Crippen molar-refractivity contribution < 1.29 is 9.53 Å². The molecule has 0 aliphatic carbocycles. The molecule has 2 aromatic rings. The molecule has 0 radical (unpaired) electrons. The maximum Gasteiger partial charge on any atom is 0.356 e. The third-order valence-electron chi connectivity index (χ3n) is 1.93. The van der Waals surface area contributed by atoms with E-state index >= 15 is 0 Å². The first-order chi connectivity index (χ1) is 7.20. The topological polar surface area (TPSA) is 52.1 Å². The average Bonchev–Trinajstić information content (AvgIpc) is 2.27. The first-order valence-electron chi connectivity index (χ1n) is 4.21. The van der Waals surface area contributed by atoms with Gasteiger partial charge in [-0.05, 0) is 12.1 Å². The Hall–Kier alpha value is -1.68. The van der Waals surface area contributed by atoms with Crippen LogP contribution < -0.4 is 0 Å². The number of aromatic nitrogens is 2. The van der Waals surface area contributed by atoms with E-state index in [0.717, 1.165) is 5.39 Å². The van der Waals surface area contributed by atoms with Gasteiger partial charge in [0.15, 0.2) is 0 Å². The van der Waals surface area contributed by atoms with Gasteiger partial charge >= 0.3 is 5.97 Å². The van der Waals surface area contributed by atoms with E-state index in [1.165, 1.54) is 7.11 Å². The summed E-state index contributed by atoms with van der Waals surface area (Å²) in [6.07, 6.45) is 1.60. The summed E-state index contributed by atoms with van der Waals surface area (Å²) in [6, 6.07) is 4.94. The Morgan fingerprint density at radius 3 is 3.00 bits per heavy atom. The average molecular weight is 223 g/mol. The molecule has 2 aromatic heterocycles. The van der Waals surface area contributed by atoms with Gasteiger partial charge in [0.1, 0.15) is 10.8 Å². The zero-order valence-electron chi connectivity index (χ0n) is 7.90. The van der Waals surface area contributed by atoms with Gasteiger partial charge in [0, 0.05) is 17.6 Å². The van der Waals surface area contributed by atoms with E-state index in [1.54, 1.807) is 24.4 Å². The van der Waals surface area contributed by atoms with Crippen LogP contribution in [0.1, 0.15) is 10.5 Å². The highest BCUT2D eigenvalue weighted by Crippen LogP contribution is 2.15. The number of halogens is 1. The highest BCUT2D eigenvalue weighted by molar-refractivity contribution is 6.30. The molecule has 5 heteroatoms. The minimum absolute atomic E-state index is 0.257. The molecule has 0 atom stereocenters. The molecular formula is C10H7ClN2O2. The van der Waals surface area contributed by atoms with Crippen molar-refractivity contribution in [1.29, 1.82) is 0 Å². The van der Waals surface area contributed by atoms with Crippen molar-refractivity contribution in [2.45, 2.75) is 0 Å². The lowest BCUT2D eigenvalue weighted by Crippen LogP contribution is -2.03. The lowest BCUT2D eigenvalue weighted by Gasteiger charge is -2.00. The third kappa shape index (κ3) is 1.89. The van der Waals surface area contributed by atoms with Crippen molar-refractivity contribution in [2.75, 3.05) is 7.11 Å². The van der Waals surface area contributed by atoms with Crippen LogP contribution in [-0.4, -0.2) is 23.0 Å². The smallest absolute Gasteiger partial charge is 0.356 e. The molecule has 0 fully saturated rings. The molecule has 4 nitrogen and oxygen atoms in total. The molecule has 0 saturated carbocycles. The quantitative estimate of drug-likeness (QED) is 0.548. The summed E-state index contributed by atoms with van der Waals surface area (Å²) < 4.78 is 4.57. The zero-order valence-corrected chi connectivity index (χ0v) is 8.65. The molecule has 0 bridgehead atoms. The Bertz CT molecular complexity index is 528. The molecule has 2 rings (SSSR count). The Morgan fingerprint density at radius 2 is 2.27 bits per heavy atom. The summed E-state index contributed by atoms with van der Waals surface area (Å²) in [5.41, 5.74) is 0.880. The molecule has 0 unspecified atom stereocenters. The summed E-state index contributed by atoms with van der Waals surface area (Å²) in [4.78, 5) is 19.2. The van der Waals surface area contributed by atoms with Crippen molar-refractivity contribution >= 4 is 28.5 Å². The fourth-order valence-corrected chi connectivity index (χ4v) is 1.36. The standard InChI is InChI=1S/C10H7ClN2O2/c1-15-10(14)7-3-2-6-5-12-9(11)4-8(6)13-7/h2-5H,1H3. The molecule has 0 saturated heterocycles. The Labute approximate surface area is 90.9 Å². The van der Waals surface area contributed by atoms with Gasteiger partial charge in [-0.1, -0.05) is 11.6 Å². The van der Waals surface area contributed by atoms with Crippen molar-refractivity contribution in [2.24, 2.45) is 0 Å². The van der Waals surface area contributed by atoms with Crippen molar-refractivity contribution in [1.82, 2.24) is 9.97 Å². The normalized spacial score (nSPS) is 10.3. The number of ether oxygens (including phenoxy) is 1.